The van der Waals surface area contributed by atoms with Gasteiger partial charge in [0.2, 0.25) is 0 Å². The lowest BCUT2D eigenvalue weighted by Gasteiger charge is -2.15. The first-order valence-electron chi connectivity index (χ1n) is 3.74. The zero-order chi connectivity index (χ0) is 7.98. The molecule has 2 N–H and O–H groups in total. The number of rotatable bonds is 4. The van der Waals surface area contributed by atoms with E-state index < -0.39 is 0 Å². The van der Waals surface area contributed by atoms with Crippen LogP contribution in [0.15, 0.2) is 11.6 Å². The van der Waals surface area contributed by atoms with Crippen LogP contribution in [0.1, 0.15) is 27.2 Å². The van der Waals surface area contributed by atoms with E-state index in [0.717, 1.165) is 11.2 Å². The van der Waals surface area contributed by atoms with Crippen LogP contribution in [0.2, 0.25) is 0 Å². The lowest BCUT2D eigenvalue weighted by molar-refractivity contribution is 0.595. The Morgan fingerprint density at radius 1 is 1.50 bits per heavy atom. The molecule has 1 atom stereocenters. The topological polar surface area (TPSA) is 26.0 Å². The third-order valence-electron chi connectivity index (χ3n) is 1.48. The van der Waals surface area contributed by atoms with E-state index in [-0.39, 0.29) is 0 Å². The normalized spacial score (nSPS) is 14.8. The molecule has 0 aromatic carbocycles. The number of hydrogen-bond donors (Lipinski definition) is 1. The van der Waals surface area contributed by atoms with Crippen LogP contribution in [0, 0.1) is 5.92 Å². The van der Waals surface area contributed by atoms with E-state index in [9.17, 15) is 0 Å². The van der Waals surface area contributed by atoms with Gasteiger partial charge in [-0.2, -0.15) is 0 Å². The van der Waals surface area contributed by atoms with Crippen LogP contribution in [0.25, 0.3) is 0 Å². The highest BCUT2D eigenvalue weighted by molar-refractivity contribution is 8.02. The summed E-state index contributed by atoms with van der Waals surface area (Å²) in [6.07, 6.45) is 2.82. The van der Waals surface area contributed by atoms with Crippen molar-refractivity contribution in [2.45, 2.75) is 32.4 Å². The Hall–Kier alpha value is -0.110. The van der Waals surface area contributed by atoms with E-state index in [1.165, 1.54) is 6.42 Å². The molecule has 0 radical (unpaired) electrons. The monoisotopic (exact) mass is 159 g/mol. The summed E-state index contributed by atoms with van der Waals surface area (Å²) < 4.78 is 0. The summed E-state index contributed by atoms with van der Waals surface area (Å²) in [6.45, 7) is 6.69. The van der Waals surface area contributed by atoms with Gasteiger partial charge in [0, 0.05) is 11.4 Å². The first kappa shape index (κ1) is 9.89. The molecule has 1 nitrogen and oxygen atoms in total. The highest BCUT2D eigenvalue weighted by atomic mass is 32.2. The summed E-state index contributed by atoms with van der Waals surface area (Å²) in [5.74, 6) is 0.742. The van der Waals surface area contributed by atoms with Crippen molar-refractivity contribution in [1.82, 2.24) is 0 Å². The van der Waals surface area contributed by atoms with Crippen molar-refractivity contribution in [3.8, 4) is 0 Å². The molecule has 0 fully saturated rings. The minimum atomic E-state index is 0.722. The van der Waals surface area contributed by atoms with Gasteiger partial charge in [-0.3, -0.25) is 0 Å². The fraction of sp³-hybridized carbons (Fsp3) is 0.750. The molecule has 0 aromatic rings. The van der Waals surface area contributed by atoms with Crippen LogP contribution in [0.4, 0.5) is 0 Å². The van der Waals surface area contributed by atoms with Crippen LogP contribution in [0.3, 0.4) is 0 Å². The summed E-state index contributed by atoms with van der Waals surface area (Å²) in [7, 11) is 0. The number of hydrogen-bond acceptors (Lipinski definition) is 2. The maximum atomic E-state index is 5.23. The molecule has 0 aromatic heterocycles. The summed E-state index contributed by atoms with van der Waals surface area (Å²) in [4.78, 5) is 0. The Morgan fingerprint density at radius 2 is 2.10 bits per heavy atom. The lowest BCUT2D eigenvalue weighted by atomic mass is 10.1. The molecule has 0 heterocycles. The van der Waals surface area contributed by atoms with Crippen LogP contribution in [0.5, 0.6) is 0 Å². The molecule has 0 rings (SSSR count). The second-order valence-electron chi connectivity index (χ2n) is 2.66. The van der Waals surface area contributed by atoms with Gasteiger partial charge >= 0.3 is 0 Å². The third-order valence-corrected chi connectivity index (χ3v) is 3.02. The van der Waals surface area contributed by atoms with Gasteiger partial charge in [0.15, 0.2) is 0 Å². The third kappa shape index (κ3) is 3.83. The summed E-state index contributed by atoms with van der Waals surface area (Å²) >= 11 is 1.82. The van der Waals surface area contributed by atoms with Crippen molar-refractivity contribution in [3.63, 3.8) is 0 Å². The second kappa shape index (κ2) is 5.66. The highest BCUT2D eigenvalue weighted by Gasteiger charge is 2.08. The molecule has 0 saturated heterocycles. The SMILES string of the molecule is CCC(S/C=C\N)C(C)C. The Balaban J connectivity index is 3.60. The van der Waals surface area contributed by atoms with Crippen LogP contribution in [-0.4, -0.2) is 5.25 Å². The number of nitrogens with two attached hydrogens (primary N) is 1. The fourth-order valence-electron chi connectivity index (χ4n) is 0.871. The van der Waals surface area contributed by atoms with Crippen molar-refractivity contribution in [3.05, 3.63) is 11.6 Å². The van der Waals surface area contributed by atoms with Crippen molar-refractivity contribution in [1.29, 1.82) is 0 Å². The maximum absolute atomic E-state index is 5.23. The first-order valence-corrected chi connectivity index (χ1v) is 4.68. The van der Waals surface area contributed by atoms with E-state index in [0.29, 0.717) is 0 Å². The summed E-state index contributed by atoms with van der Waals surface area (Å²) in [5.41, 5.74) is 5.23. The van der Waals surface area contributed by atoms with Crippen LogP contribution in [-0.2, 0) is 0 Å². The molecular weight excluding hydrogens is 142 g/mol. The van der Waals surface area contributed by atoms with Crippen molar-refractivity contribution >= 4 is 11.8 Å². The standard InChI is InChI=1S/C8H17NS/c1-4-8(7(2)3)10-6-5-9/h5-8H,4,9H2,1-3H3/b6-5-. The quantitative estimate of drug-likeness (QED) is 0.682. The van der Waals surface area contributed by atoms with Gasteiger partial charge in [0.1, 0.15) is 0 Å². The molecule has 0 aliphatic rings. The van der Waals surface area contributed by atoms with Crippen LogP contribution < -0.4 is 5.73 Å². The Labute approximate surface area is 68.1 Å². The predicted molar refractivity (Wildman–Crippen MR) is 49.8 cm³/mol. The van der Waals surface area contributed by atoms with Gasteiger partial charge in [-0.05, 0) is 17.7 Å². The largest absolute Gasteiger partial charge is 0.404 e. The Bertz CT molecular complexity index is 99.4. The van der Waals surface area contributed by atoms with Crippen molar-refractivity contribution in [2.24, 2.45) is 11.7 Å². The van der Waals surface area contributed by atoms with E-state index in [1.807, 2.05) is 17.2 Å². The van der Waals surface area contributed by atoms with E-state index in [1.54, 1.807) is 6.20 Å². The van der Waals surface area contributed by atoms with Crippen LogP contribution >= 0.6 is 11.8 Å². The molecule has 1 unspecified atom stereocenters. The van der Waals surface area contributed by atoms with Crippen molar-refractivity contribution in [2.75, 3.05) is 0 Å². The molecule has 60 valence electrons. The zero-order valence-electron chi connectivity index (χ0n) is 7.00. The molecule has 0 amide bonds. The Kier molecular flexibility index (Phi) is 5.60. The molecule has 2 heteroatoms. The summed E-state index contributed by atoms with van der Waals surface area (Å²) in [5, 5.41) is 2.69. The maximum Gasteiger partial charge on any atom is 0.0109 e. The van der Waals surface area contributed by atoms with Gasteiger partial charge in [-0.15, -0.1) is 11.8 Å². The first-order chi connectivity index (χ1) is 4.72. The molecule has 0 bridgehead atoms. The van der Waals surface area contributed by atoms with Crippen molar-refractivity contribution < 1.29 is 0 Å². The smallest absolute Gasteiger partial charge is 0.0109 e. The van der Waals surface area contributed by atoms with Gasteiger partial charge in [-0.25, -0.2) is 0 Å². The van der Waals surface area contributed by atoms with Gasteiger partial charge < -0.3 is 5.73 Å². The van der Waals surface area contributed by atoms with E-state index in [4.69, 9.17) is 5.73 Å². The number of thioether (sulfide) groups is 1. The summed E-state index contributed by atoms with van der Waals surface area (Å²) in [6, 6.07) is 0. The predicted octanol–water partition coefficient (Wildman–Crippen LogP) is 2.58. The Morgan fingerprint density at radius 3 is 2.40 bits per heavy atom. The average molecular weight is 159 g/mol. The minimum absolute atomic E-state index is 0.722. The zero-order valence-corrected chi connectivity index (χ0v) is 7.82. The minimum Gasteiger partial charge on any atom is -0.404 e. The molecule has 0 spiro atoms. The fourth-order valence-corrected chi connectivity index (χ4v) is 1.67. The molecular formula is C8H17NS. The molecule has 0 saturated carbocycles. The average Bonchev–Trinajstić information content (AvgIpc) is 1.89. The van der Waals surface area contributed by atoms with E-state index >= 15 is 0 Å². The lowest BCUT2D eigenvalue weighted by Crippen LogP contribution is -2.08. The van der Waals surface area contributed by atoms with Gasteiger partial charge in [0.05, 0.1) is 0 Å². The molecule has 0 aliphatic carbocycles. The highest BCUT2D eigenvalue weighted by Crippen LogP contribution is 2.22. The van der Waals surface area contributed by atoms with Gasteiger partial charge in [-0.1, -0.05) is 20.8 Å². The van der Waals surface area contributed by atoms with E-state index in [2.05, 4.69) is 20.8 Å². The molecule has 0 aliphatic heterocycles. The van der Waals surface area contributed by atoms with Gasteiger partial charge in [0.25, 0.3) is 0 Å². The second-order valence-corrected chi connectivity index (χ2v) is 3.81. The molecule has 10 heavy (non-hydrogen) atoms.